The van der Waals surface area contributed by atoms with Crippen LogP contribution in [0.25, 0.3) is 0 Å². The van der Waals surface area contributed by atoms with Crippen molar-refractivity contribution in [3.05, 3.63) is 24.0 Å². The predicted octanol–water partition coefficient (Wildman–Crippen LogP) is 1.52. The van der Waals surface area contributed by atoms with Gasteiger partial charge in [0.25, 0.3) is 10.2 Å². The van der Waals surface area contributed by atoms with Crippen molar-refractivity contribution in [3.63, 3.8) is 0 Å². The SMILES string of the molecule is COc1cc(F)ccc1OC[C@@H]1CC12CCN(S(N)(=O)=O)CC2. The third kappa shape index (κ3) is 3.44. The van der Waals surface area contributed by atoms with Gasteiger partial charge in [0, 0.05) is 19.2 Å². The van der Waals surface area contributed by atoms with Gasteiger partial charge in [-0.25, -0.2) is 9.53 Å². The Balaban J connectivity index is 1.55. The standard InChI is InChI=1S/C15H21FN2O4S/c1-21-14-8-12(16)2-3-13(14)22-10-11-9-15(11)4-6-18(7-5-15)23(17,19)20/h2-3,8,11H,4-7,9-10H2,1H3,(H2,17,19,20)/t11-/m0/s1. The van der Waals surface area contributed by atoms with Crippen LogP contribution in [0.3, 0.4) is 0 Å². The molecular formula is C15H21FN2O4S. The van der Waals surface area contributed by atoms with Crippen molar-refractivity contribution in [1.82, 2.24) is 4.31 Å². The average molecular weight is 344 g/mol. The van der Waals surface area contributed by atoms with Crippen molar-refractivity contribution < 1.29 is 22.3 Å². The number of nitrogens with zero attached hydrogens (tertiary/aromatic N) is 1. The molecule has 0 aromatic heterocycles. The van der Waals surface area contributed by atoms with Crippen molar-refractivity contribution in [2.75, 3.05) is 26.8 Å². The summed E-state index contributed by atoms with van der Waals surface area (Å²) in [6.07, 6.45) is 2.63. The summed E-state index contributed by atoms with van der Waals surface area (Å²) in [5.41, 5.74) is 0.161. The molecule has 128 valence electrons. The second-order valence-electron chi connectivity index (χ2n) is 6.31. The van der Waals surface area contributed by atoms with Gasteiger partial charge in [-0.15, -0.1) is 0 Å². The van der Waals surface area contributed by atoms with E-state index in [1.54, 1.807) is 6.07 Å². The first-order valence-corrected chi connectivity index (χ1v) is 9.09. The Morgan fingerprint density at radius 3 is 2.65 bits per heavy atom. The van der Waals surface area contributed by atoms with Crippen LogP contribution in [0.4, 0.5) is 4.39 Å². The van der Waals surface area contributed by atoms with E-state index >= 15 is 0 Å². The molecule has 2 aliphatic rings. The van der Waals surface area contributed by atoms with E-state index in [1.165, 1.54) is 23.5 Å². The molecule has 6 nitrogen and oxygen atoms in total. The smallest absolute Gasteiger partial charge is 0.276 e. The number of halogens is 1. The van der Waals surface area contributed by atoms with Crippen molar-refractivity contribution in [1.29, 1.82) is 0 Å². The maximum absolute atomic E-state index is 13.2. The number of nitrogens with two attached hydrogens (primary N) is 1. The molecule has 0 radical (unpaired) electrons. The highest BCUT2D eigenvalue weighted by Gasteiger charge is 2.55. The number of benzene rings is 1. The zero-order valence-electron chi connectivity index (χ0n) is 13.0. The van der Waals surface area contributed by atoms with Gasteiger partial charge in [-0.3, -0.25) is 0 Å². The monoisotopic (exact) mass is 344 g/mol. The molecular weight excluding hydrogens is 323 g/mol. The Morgan fingerprint density at radius 1 is 1.35 bits per heavy atom. The maximum Gasteiger partial charge on any atom is 0.276 e. The summed E-state index contributed by atoms with van der Waals surface area (Å²) in [6, 6.07) is 4.19. The first-order chi connectivity index (χ1) is 10.8. The van der Waals surface area contributed by atoms with Gasteiger partial charge in [0.1, 0.15) is 5.82 Å². The Kier molecular flexibility index (Phi) is 4.24. The van der Waals surface area contributed by atoms with E-state index in [2.05, 4.69) is 0 Å². The first-order valence-electron chi connectivity index (χ1n) is 7.58. The minimum atomic E-state index is -3.58. The third-order valence-electron chi connectivity index (χ3n) is 5.00. The second-order valence-corrected chi connectivity index (χ2v) is 7.86. The van der Waals surface area contributed by atoms with Crippen LogP contribution in [-0.2, 0) is 10.2 Å². The van der Waals surface area contributed by atoms with Crippen LogP contribution in [0.2, 0.25) is 0 Å². The largest absolute Gasteiger partial charge is 0.493 e. The van der Waals surface area contributed by atoms with E-state index in [0.717, 1.165) is 19.3 Å². The molecule has 3 rings (SSSR count). The molecule has 23 heavy (non-hydrogen) atoms. The quantitative estimate of drug-likeness (QED) is 0.878. The van der Waals surface area contributed by atoms with E-state index in [9.17, 15) is 12.8 Å². The zero-order valence-corrected chi connectivity index (χ0v) is 13.8. The first kappa shape index (κ1) is 16.5. The summed E-state index contributed by atoms with van der Waals surface area (Å²) in [7, 11) is -2.11. The van der Waals surface area contributed by atoms with Crippen LogP contribution in [-0.4, -0.2) is 39.5 Å². The van der Waals surface area contributed by atoms with E-state index in [-0.39, 0.29) is 11.2 Å². The predicted molar refractivity (Wildman–Crippen MR) is 82.9 cm³/mol. The van der Waals surface area contributed by atoms with Crippen molar-refractivity contribution in [2.45, 2.75) is 19.3 Å². The molecule has 1 aliphatic carbocycles. The molecule has 1 atom stereocenters. The second kappa shape index (κ2) is 5.92. The molecule has 2 N–H and O–H groups in total. The molecule has 8 heteroatoms. The van der Waals surface area contributed by atoms with Crippen LogP contribution in [0, 0.1) is 17.2 Å². The fraction of sp³-hybridized carbons (Fsp3) is 0.600. The highest BCUT2D eigenvalue weighted by molar-refractivity contribution is 7.86. The van der Waals surface area contributed by atoms with Crippen LogP contribution in [0.1, 0.15) is 19.3 Å². The molecule has 1 heterocycles. The highest BCUT2D eigenvalue weighted by Crippen LogP contribution is 2.59. The molecule has 0 bridgehead atoms. The zero-order chi connectivity index (χ0) is 16.7. The Hall–Kier alpha value is -1.38. The van der Waals surface area contributed by atoms with E-state index in [4.69, 9.17) is 14.6 Å². The Morgan fingerprint density at radius 2 is 2.04 bits per heavy atom. The number of rotatable bonds is 5. The lowest BCUT2D eigenvalue weighted by Gasteiger charge is -2.30. The van der Waals surface area contributed by atoms with E-state index < -0.39 is 10.2 Å². The molecule has 2 fully saturated rings. The minimum absolute atomic E-state index is 0.161. The molecule has 1 saturated carbocycles. The summed E-state index contributed by atoms with van der Waals surface area (Å²) in [6.45, 7) is 1.46. The number of hydrogen-bond acceptors (Lipinski definition) is 4. The number of methoxy groups -OCH3 is 1. The van der Waals surface area contributed by atoms with Crippen molar-refractivity contribution >= 4 is 10.2 Å². The van der Waals surface area contributed by atoms with Gasteiger partial charge < -0.3 is 9.47 Å². The van der Waals surface area contributed by atoms with E-state index in [1.807, 2.05) is 0 Å². The molecule has 1 saturated heterocycles. The highest BCUT2D eigenvalue weighted by atomic mass is 32.2. The van der Waals surface area contributed by atoms with Crippen LogP contribution in [0.5, 0.6) is 11.5 Å². The molecule has 0 unspecified atom stereocenters. The summed E-state index contributed by atoms with van der Waals surface area (Å²) in [5, 5.41) is 5.16. The maximum atomic E-state index is 13.2. The number of hydrogen-bond donors (Lipinski definition) is 1. The van der Waals surface area contributed by atoms with Gasteiger partial charge in [0.05, 0.1) is 13.7 Å². The van der Waals surface area contributed by atoms with Crippen LogP contribution >= 0.6 is 0 Å². The molecule has 0 amide bonds. The number of piperidine rings is 1. The van der Waals surface area contributed by atoms with Gasteiger partial charge in [-0.2, -0.15) is 12.7 Å². The molecule has 1 aliphatic heterocycles. The number of ether oxygens (including phenoxy) is 2. The van der Waals surface area contributed by atoms with Crippen molar-refractivity contribution in [2.24, 2.45) is 16.5 Å². The summed E-state index contributed by atoms with van der Waals surface area (Å²) in [4.78, 5) is 0. The third-order valence-corrected chi connectivity index (χ3v) is 6.09. The Bertz CT molecular complexity index is 687. The Labute approximate surface area is 135 Å². The fourth-order valence-electron chi connectivity index (χ4n) is 3.42. The van der Waals surface area contributed by atoms with Gasteiger partial charge >= 0.3 is 0 Å². The van der Waals surface area contributed by atoms with Crippen LogP contribution < -0.4 is 14.6 Å². The summed E-state index contributed by atoms with van der Waals surface area (Å²) < 4.78 is 48.1. The average Bonchev–Trinajstić information content (AvgIpc) is 3.17. The molecule has 1 aromatic rings. The lowest BCUT2D eigenvalue weighted by atomic mass is 9.92. The van der Waals surface area contributed by atoms with Gasteiger partial charge in [-0.1, -0.05) is 0 Å². The fourth-order valence-corrected chi connectivity index (χ4v) is 4.11. The van der Waals surface area contributed by atoms with Gasteiger partial charge in [0.15, 0.2) is 11.5 Å². The van der Waals surface area contributed by atoms with Gasteiger partial charge in [0.2, 0.25) is 0 Å². The summed E-state index contributed by atoms with van der Waals surface area (Å²) >= 11 is 0. The topological polar surface area (TPSA) is 81.9 Å². The molecule has 1 spiro atoms. The van der Waals surface area contributed by atoms with Crippen molar-refractivity contribution in [3.8, 4) is 11.5 Å². The van der Waals surface area contributed by atoms with E-state index in [0.29, 0.717) is 37.1 Å². The molecule has 1 aromatic carbocycles. The minimum Gasteiger partial charge on any atom is -0.493 e. The lowest BCUT2D eigenvalue weighted by Crippen LogP contribution is -2.43. The van der Waals surface area contributed by atoms with Gasteiger partial charge in [-0.05, 0) is 42.7 Å². The summed E-state index contributed by atoms with van der Waals surface area (Å²) in [5.74, 6) is 0.925. The van der Waals surface area contributed by atoms with Crippen LogP contribution in [0.15, 0.2) is 18.2 Å². The normalized spacial score (nSPS) is 23.7. The lowest BCUT2D eigenvalue weighted by molar-refractivity contribution is 0.205.